The summed E-state index contributed by atoms with van der Waals surface area (Å²) >= 11 is 12.3. The van der Waals surface area contributed by atoms with Gasteiger partial charge in [0.1, 0.15) is 0 Å². The summed E-state index contributed by atoms with van der Waals surface area (Å²) in [5.41, 5.74) is 1.02. The first-order valence-corrected chi connectivity index (χ1v) is 9.43. The minimum absolute atomic E-state index is 0. The smallest absolute Gasteiger partial charge is 0.191 e. The number of guanidine groups is 1. The molecular weight excluding hydrogens is 470 g/mol. The highest BCUT2D eigenvalue weighted by Gasteiger charge is 2.17. The number of likely N-dealkylation sites (tertiary alicyclic amines) is 1. The predicted molar refractivity (Wildman–Crippen MR) is 120 cm³/mol. The first-order chi connectivity index (χ1) is 11.5. The molecule has 1 aromatic carbocycles. The van der Waals surface area contributed by atoms with Crippen LogP contribution in [-0.2, 0) is 0 Å². The molecule has 0 aliphatic carbocycles. The van der Waals surface area contributed by atoms with Crippen molar-refractivity contribution in [1.82, 2.24) is 15.5 Å². The number of nitrogens with one attached hydrogen (secondary N) is 2. The van der Waals surface area contributed by atoms with Crippen LogP contribution in [0.3, 0.4) is 0 Å². The summed E-state index contributed by atoms with van der Waals surface area (Å²) in [5.74, 6) is 1.47. The summed E-state index contributed by atoms with van der Waals surface area (Å²) in [4.78, 5) is 7.17. The highest BCUT2D eigenvalue weighted by Crippen LogP contribution is 2.26. The highest BCUT2D eigenvalue weighted by molar-refractivity contribution is 14.0. The average Bonchev–Trinajstić information content (AvgIpc) is 2.52. The average molecular weight is 499 g/mol. The summed E-state index contributed by atoms with van der Waals surface area (Å²) < 4.78 is 0. The van der Waals surface area contributed by atoms with Crippen LogP contribution in [0.1, 0.15) is 38.3 Å². The molecule has 7 heteroatoms. The molecule has 0 amide bonds. The lowest BCUT2D eigenvalue weighted by Gasteiger charge is -2.29. The van der Waals surface area contributed by atoms with Gasteiger partial charge in [0.2, 0.25) is 0 Å². The van der Waals surface area contributed by atoms with E-state index in [0.29, 0.717) is 16.0 Å². The summed E-state index contributed by atoms with van der Waals surface area (Å²) in [6.07, 6.45) is 2.52. The van der Waals surface area contributed by atoms with E-state index in [4.69, 9.17) is 28.2 Å². The van der Waals surface area contributed by atoms with Crippen molar-refractivity contribution in [3.05, 3.63) is 33.8 Å². The van der Waals surface area contributed by atoms with Gasteiger partial charge >= 0.3 is 0 Å². The molecule has 2 rings (SSSR count). The lowest BCUT2D eigenvalue weighted by atomic mass is 9.99. The fraction of sp³-hybridized carbons (Fsp3) is 0.611. The molecule has 0 spiro atoms. The van der Waals surface area contributed by atoms with Crippen molar-refractivity contribution >= 4 is 53.1 Å². The van der Waals surface area contributed by atoms with Crippen LogP contribution in [0.4, 0.5) is 0 Å². The van der Waals surface area contributed by atoms with E-state index in [2.05, 4.69) is 36.4 Å². The summed E-state index contributed by atoms with van der Waals surface area (Å²) in [7, 11) is 2.18. The minimum atomic E-state index is 0. The van der Waals surface area contributed by atoms with Crippen LogP contribution in [0.2, 0.25) is 10.0 Å². The molecule has 1 heterocycles. The third kappa shape index (κ3) is 7.49. The predicted octanol–water partition coefficient (Wildman–Crippen LogP) is 4.57. The third-order valence-electron chi connectivity index (χ3n) is 4.36. The Labute approximate surface area is 178 Å². The lowest BCUT2D eigenvalue weighted by molar-refractivity contribution is 0.214. The Balaban J connectivity index is 0.00000312. The first kappa shape index (κ1) is 22.8. The monoisotopic (exact) mass is 498 g/mol. The molecule has 0 radical (unpaired) electrons. The van der Waals surface area contributed by atoms with Gasteiger partial charge in [-0.05, 0) is 63.9 Å². The molecule has 4 nitrogen and oxygen atoms in total. The SMILES string of the molecule is CCNC(=NCC1CCCN(C)C1)NC(C)c1ccc(Cl)cc1Cl.I. The lowest BCUT2D eigenvalue weighted by Crippen LogP contribution is -2.40. The molecule has 1 fully saturated rings. The van der Waals surface area contributed by atoms with E-state index in [9.17, 15) is 0 Å². The molecule has 2 N–H and O–H groups in total. The number of aliphatic imine (C=N–C) groups is 1. The van der Waals surface area contributed by atoms with Crippen LogP contribution in [0.25, 0.3) is 0 Å². The normalized spacial score (nSPS) is 19.9. The number of hydrogen-bond acceptors (Lipinski definition) is 2. The molecule has 142 valence electrons. The Morgan fingerprint density at radius 2 is 2.16 bits per heavy atom. The van der Waals surface area contributed by atoms with Crippen LogP contribution in [0.15, 0.2) is 23.2 Å². The third-order valence-corrected chi connectivity index (χ3v) is 4.92. The van der Waals surface area contributed by atoms with Crippen LogP contribution in [-0.4, -0.2) is 44.1 Å². The van der Waals surface area contributed by atoms with E-state index in [1.165, 1.54) is 19.4 Å². The molecule has 25 heavy (non-hydrogen) atoms. The maximum absolute atomic E-state index is 6.31. The molecular formula is C18H29Cl2IN4. The molecule has 1 aliphatic rings. The second-order valence-corrected chi connectivity index (χ2v) is 7.37. The molecule has 1 aromatic rings. The molecule has 0 saturated carbocycles. The van der Waals surface area contributed by atoms with Crippen LogP contribution in [0.5, 0.6) is 0 Å². The van der Waals surface area contributed by atoms with Crippen LogP contribution < -0.4 is 10.6 Å². The van der Waals surface area contributed by atoms with Crippen LogP contribution >= 0.6 is 47.2 Å². The largest absolute Gasteiger partial charge is 0.357 e. The van der Waals surface area contributed by atoms with E-state index in [1.54, 1.807) is 6.07 Å². The highest BCUT2D eigenvalue weighted by atomic mass is 127. The van der Waals surface area contributed by atoms with Crippen molar-refractivity contribution < 1.29 is 0 Å². The Morgan fingerprint density at radius 3 is 2.80 bits per heavy atom. The molecule has 0 aromatic heterocycles. The summed E-state index contributed by atoms with van der Waals surface area (Å²) in [6, 6.07) is 5.66. The van der Waals surface area contributed by atoms with Crippen molar-refractivity contribution in [2.24, 2.45) is 10.9 Å². The van der Waals surface area contributed by atoms with Gasteiger partial charge in [0.15, 0.2) is 5.96 Å². The second kappa shape index (κ2) is 11.5. The van der Waals surface area contributed by atoms with Gasteiger partial charge in [-0.25, -0.2) is 0 Å². The van der Waals surface area contributed by atoms with Crippen LogP contribution in [0, 0.1) is 5.92 Å². The number of nitrogens with zero attached hydrogens (tertiary/aromatic N) is 2. The maximum atomic E-state index is 6.31. The molecule has 2 atom stereocenters. The van der Waals surface area contributed by atoms with Gasteiger partial charge in [-0.3, -0.25) is 4.99 Å². The van der Waals surface area contributed by atoms with Crippen molar-refractivity contribution in [2.75, 3.05) is 33.2 Å². The van der Waals surface area contributed by atoms with Crippen molar-refractivity contribution in [2.45, 2.75) is 32.7 Å². The number of piperidine rings is 1. The summed E-state index contributed by atoms with van der Waals surface area (Å²) in [5, 5.41) is 8.09. The minimum Gasteiger partial charge on any atom is -0.357 e. The first-order valence-electron chi connectivity index (χ1n) is 8.68. The van der Waals surface area contributed by atoms with Crippen molar-refractivity contribution in [1.29, 1.82) is 0 Å². The van der Waals surface area contributed by atoms with Gasteiger partial charge in [-0.2, -0.15) is 0 Å². The number of benzene rings is 1. The van der Waals surface area contributed by atoms with E-state index < -0.39 is 0 Å². The molecule has 1 saturated heterocycles. The van der Waals surface area contributed by atoms with E-state index in [0.717, 1.165) is 31.2 Å². The van der Waals surface area contributed by atoms with E-state index in [-0.39, 0.29) is 30.0 Å². The maximum Gasteiger partial charge on any atom is 0.191 e. The fourth-order valence-electron chi connectivity index (χ4n) is 3.10. The zero-order valence-electron chi connectivity index (χ0n) is 15.2. The fourth-order valence-corrected chi connectivity index (χ4v) is 3.67. The van der Waals surface area contributed by atoms with Gasteiger partial charge in [0.05, 0.1) is 6.04 Å². The van der Waals surface area contributed by atoms with Gasteiger partial charge in [0.25, 0.3) is 0 Å². The molecule has 0 bridgehead atoms. The topological polar surface area (TPSA) is 39.7 Å². The van der Waals surface area contributed by atoms with E-state index >= 15 is 0 Å². The number of halogens is 3. The number of rotatable bonds is 5. The Kier molecular flexibility index (Phi) is 10.5. The van der Waals surface area contributed by atoms with E-state index in [1.807, 2.05) is 12.1 Å². The van der Waals surface area contributed by atoms with Gasteiger partial charge < -0.3 is 15.5 Å². The van der Waals surface area contributed by atoms with Crippen molar-refractivity contribution in [3.8, 4) is 0 Å². The standard InChI is InChI=1S/C18H28Cl2N4.HI/c1-4-21-18(22-11-14-6-5-9-24(3)12-14)23-13(2)16-8-7-15(19)10-17(16)20;/h7-8,10,13-14H,4-6,9,11-12H2,1-3H3,(H2,21,22,23);1H. The van der Waals surface area contributed by atoms with Crippen molar-refractivity contribution in [3.63, 3.8) is 0 Å². The Hall–Kier alpha value is -0.240. The quantitative estimate of drug-likeness (QED) is 0.355. The van der Waals surface area contributed by atoms with Gasteiger partial charge in [-0.1, -0.05) is 29.3 Å². The summed E-state index contributed by atoms with van der Waals surface area (Å²) in [6.45, 7) is 8.16. The second-order valence-electron chi connectivity index (χ2n) is 6.52. The Morgan fingerprint density at radius 1 is 1.40 bits per heavy atom. The molecule has 2 unspecified atom stereocenters. The van der Waals surface area contributed by atoms with Gasteiger partial charge in [-0.15, -0.1) is 24.0 Å². The van der Waals surface area contributed by atoms with Gasteiger partial charge in [0, 0.05) is 29.7 Å². The zero-order valence-corrected chi connectivity index (χ0v) is 19.0. The Bertz CT molecular complexity index is 568. The number of hydrogen-bond donors (Lipinski definition) is 2. The zero-order chi connectivity index (χ0) is 17.5. The molecule has 1 aliphatic heterocycles.